The van der Waals surface area contributed by atoms with Gasteiger partial charge in [-0.25, -0.2) is 0 Å². The van der Waals surface area contributed by atoms with Gasteiger partial charge >= 0.3 is 0 Å². The summed E-state index contributed by atoms with van der Waals surface area (Å²) in [5.41, 5.74) is 2.41. The molecule has 2 aromatic carbocycles. The first-order valence-corrected chi connectivity index (χ1v) is 9.32. The first kappa shape index (κ1) is 21.3. The summed E-state index contributed by atoms with van der Waals surface area (Å²) in [4.78, 5) is 0. The van der Waals surface area contributed by atoms with Crippen LogP contribution < -0.4 is 4.74 Å². The van der Waals surface area contributed by atoms with Crippen molar-refractivity contribution in [2.24, 2.45) is 0 Å². The van der Waals surface area contributed by atoms with E-state index >= 15 is 0 Å². The van der Waals surface area contributed by atoms with Crippen molar-refractivity contribution < 1.29 is 20.1 Å². The lowest BCUT2D eigenvalue weighted by Gasteiger charge is -2.24. The molecule has 0 aliphatic rings. The van der Waals surface area contributed by atoms with Crippen LogP contribution in [0.25, 0.3) is 0 Å². The van der Waals surface area contributed by atoms with Crippen molar-refractivity contribution in [2.45, 2.75) is 64.6 Å². The fourth-order valence-corrected chi connectivity index (χ4v) is 2.79. The van der Waals surface area contributed by atoms with Crippen LogP contribution in [0.5, 0.6) is 11.5 Å². The standard InChI is InChI=1S/C23H32O4/c1-22(2,3)15-7-10-17(11-8-15)27-14-20(25)21(26)18-13-16(23(4,5)6)9-12-19(18)24/h7-13,20-21,24-26H,14H2,1-6H3. The van der Waals surface area contributed by atoms with Crippen LogP contribution in [0, 0.1) is 0 Å². The molecule has 3 N–H and O–H groups in total. The molecule has 0 saturated carbocycles. The molecule has 0 aromatic heterocycles. The van der Waals surface area contributed by atoms with Gasteiger partial charge in [-0.2, -0.15) is 0 Å². The molecule has 0 aliphatic heterocycles. The number of ether oxygens (including phenoxy) is 1. The fourth-order valence-electron chi connectivity index (χ4n) is 2.79. The van der Waals surface area contributed by atoms with E-state index in [0.717, 1.165) is 5.56 Å². The Bertz CT molecular complexity index is 751. The average Bonchev–Trinajstić information content (AvgIpc) is 2.58. The maximum Gasteiger partial charge on any atom is 0.121 e. The second kappa shape index (κ2) is 7.91. The summed E-state index contributed by atoms with van der Waals surface area (Å²) < 4.78 is 5.62. The second-order valence-corrected chi connectivity index (χ2v) is 9.12. The molecule has 27 heavy (non-hydrogen) atoms. The third-order valence-corrected chi connectivity index (χ3v) is 4.72. The van der Waals surface area contributed by atoms with E-state index < -0.39 is 12.2 Å². The van der Waals surface area contributed by atoms with Crippen molar-refractivity contribution in [1.29, 1.82) is 0 Å². The van der Waals surface area contributed by atoms with Gasteiger partial charge in [0, 0.05) is 5.56 Å². The van der Waals surface area contributed by atoms with Gasteiger partial charge in [0.2, 0.25) is 0 Å². The van der Waals surface area contributed by atoms with Gasteiger partial charge in [0.15, 0.2) is 0 Å². The van der Waals surface area contributed by atoms with Crippen LogP contribution in [0.2, 0.25) is 0 Å². The van der Waals surface area contributed by atoms with Crippen LogP contribution >= 0.6 is 0 Å². The summed E-state index contributed by atoms with van der Waals surface area (Å²) in [5.74, 6) is 0.589. The SMILES string of the molecule is CC(C)(C)c1ccc(OCC(O)C(O)c2cc(C(C)(C)C)ccc2O)cc1. The Hall–Kier alpha value is -2.04. The van der Waals surface area contributed by atoms with E-state index in [0.29, 0.717) is 11.3 Å². The second-order valence-electron chi connectivity index (χ2n) is 9.12. The van der Waals surface area contributed by atoms with Gasteiger partial charge in [-0.1, -0.05) is 59.7 Å². The first-order chi connectivity index (χ1) is 12.4. The van der Waals surface area contributed by atoms with Crippen LogP contribution in [0.3, 0.4) is 0 Å². The van der Waals surface area contributed by atoms with Gasteiger partial charge in [-0.3, -0.25) is 0 Å². The zero-order valence-electron chi connectivity index (χ0n) is 17.2. The molecule has 2 unspecified atom stereocenters. The highest BCUT2D eigenvalue weighted by molar-refractivity contribution is 5.40. The lowest BCUT2D eigenvalue weighted by molar-refractivity contribution is -0.0101. The van der Waals surface area contributed by atoms with E-state index in [4.69, 9.17) is 4.74 Å². The Kier molecular flexibility index (Phi) is 6.23. The molecule has 2 aromatic rings. The quantitative estimate of drug-likeness (QED) is 0.725. The molecule has 0 fully saturated rings. The number of phenols is 1. The Morgan fingerprint density at radius 1 is 0.815 bits per heavy atom. The number of benzene rings is 2. The van der Waals surface area contributed by atoms with Crippen molar-refractivity contribution in [3.8, 4) is 11.5 Å². The molecular weight excluding hydrogens is 340 g/mol. The summed E-state index contributed by atoms with van der Waals surface area (Å²) in [6.07, 6.45) is -2.39. The van der Waals surface area contributed by atoms with Crippen molar-refractivity contribution in [3.63, 3.8) is 0 Å². The van der Waals surface area contributed by atoms with Gasteiger partial charge in [-0.15, -0.1) is 0 Å². The number of aliphatic hydroxyl groups excluding tert-OH is 2. The highest BCUT2D eigenvalue weighted by Crippen LogP contribution is 2.32. The van der Waals surface area contributed by atoms with Gasteiger partial charge < -0.3 is 20.1 Å². The van der Waals surface area contributed by atoms with Crippen LogP contribution in [0.15, 0.2) is 42.5 Å². The topological polar surface area (TPSA) is 69.9 Å². The predicted molar refractivity (Wildman–Crippen MR) is 108 cm³/mol. The summed E-state index contributed by atoms with van der Waals surface area (Å²) in [5, 5.41) is 30.9. The number of hydrogen-bond acceptors (Lipinski definition) is 4. The molecule has 2 atom stereocenters. The van der Waals surface area contributed by atoms with Gasteiger partial charge in [-0.05, 0) is 46.2 Å². The van der Waals surface area contributed by atoms with Gasteiger partial charge in [0.05, 0.1) is 0 Å². The molecule has 0 heterocycles. The van der Waals surface area contributed by atoms with Crippen LogP contribution in [-0.2, 0) is 10.8 Å². The van der Waals surface area contributed by atoms with E-state index in [1.54, 1.807) is 12.1 Å². The lowest BCUT2D eigenvalue weighted by atomic mass is 9.85. The summed E-state index contributed by atoms with van der Waals surface area (Å²) in [6, 6.07) is 12.8. The highest BCUT2D eigenvalue weighted by atomic mass is 16.5. The summed E-state index contributed by atoms with van der Waals surface area (Å²) >= 11 is 0. The largest absolute Gasteiger partial charge is 0.508 e. The van der Waals surface area contributed by atoms with E-state index in [9.17, 15) is 15.3 Å². The molecule has 148 valence electrons. The normalized spacial score (nSPS) is 14.7. The molecule has 4 heteroatoms. The minimum absolute atomic E-state index is 0.0379. The average molecular weight is 373 g/mol. The molecule has 0 radical (unpaired) electrons. The summed E-state index contributed by atoms with van der Waals surface area (Å²) in [7, 11) is 0. The zero-order valence-corrected chi connectivity index (χ0v) is 17.2. The third kappa shape index (κ3) is 5.47. The number of phenolic OH excluding ortho intramolecular Hbond substituents is 1. The van der Waals surface area contributed by atoms with Crippen molar-refractivity contribution >= 4 is 0 Å². The number of rotatable bonds is 5. The Morgan fingerprint density at radius 3 is 1.85 bits per heavy atom. The van der Waals surface area contributed by atoms with Crippen LogP contribution in [0.1, 0.15) is 64.3 Å². The number of aromatic hydroxyl groups is 1. The maximum absolute atomic E-state index is 10.5. The molecular formula is C23H32O4. The molecule has 0 bridgehead atoms. The van der Waals surface area contributed by atoms with Crippen molar-refractivity contribution in [2.75, 3.05) is 6.61 Å². The van der Waals surface area contributed by atoms with E-state index in [1.165, 1.54) is 5.56 Å². The lowest BCUT2D eigenvalue weighted by Crippen LogP contribution is -2.26. The number of aliphatic hydroxyl groups is 2. The van der Waals surface area contributed by atoms with Crippen LogP contribution in [0.4, 0.5) is 0 Å². The monoisotopic (exact) mass is 372 g/mol. The smallest absolute Gasteiger partial charge is 0.121 e. The van der Waals surface area contributed by atoms with Gasteiger partial charge in [0.1, 0.15) is 30.3 Å². The predicted octanol–water partition coefficient (Wildman–Crippen LogP) is 4.46. The summed E-state index contributed by atoms with van der Waals surface area (Å²) in [6.45, 7) is 12.5. The molecule has 2 rings (SSSR count). The molecule has 0 amide bonds. The zero-order chi connectivity index (χ0) is 20.4. The fraction of sp³-hybridized carbons (Fsp3) is 0.478. The minimum Gasteiger partial charge on any atom is -0.508 e. The Labute approximate surface area is 162 Å². The van der Waals surface area contributed by atoms with E-state index in [1.807, 2.05) is 30.3 Å². The van der Waals surface area contributed by atoms with E-state index in [-0.39, 0.29) is 23.2 Å². The van der Waals surface area contributed by atoms with E-state index in [2.05, 4.69) is 41.5 Å². The molecule has 0 spiro atoms. The number of hydrogen-bond donors (Lipinski definition) is 3. The van der Waals surface area contributed by atoms with Crippen molar-refractivity contribution in [3.05, 3.63) is 59.2 Å². The molecule has 0 saturated heterocycles. The Balaban J connectivity index is 2.07. The molecule has 0 aliphatic carbocycles. The van der Waals surface area contributed by atoms with Crippen molar-refractivity contribution in [1.82, 2.24) is 0 Å². The van der Waals surface area contributed by atoms with Gasteiger partial charge in [0.25, 0.3) is 0 Å². The maximum atomic E-state index is 10.5. The Morgan fingerprint density at radius 2 is 1.33 bits per heavy atom. The van der Waals surface area contributed by atoms with Crippen LogP contribution in [-0.4, -0.2) is 28.0 Å². The first-order valence-electron chi connectivity index (χ1n) is 9.32. The third-order valence-electron chi connectivity index (χ3n) is 4.72. The molecule has 4 nitrogen and oxygen atoms in total. The highest BCUT2D eigenvalue weighted by Gasteiger charge is 2.24. The minimum atomic E-state index is -1.24.